The molecule has 5 rings (SSSR count). The molecule has 1 aliphatic carbocycles. The van der Waals surface area contributed by atoms with Gasteiger partial charge in [0.25, 0.3) is 0 Å². The number of hydrazine groups is 1. The zero-order valence-electron chi connectivity index (χ0n) is 17.9. The van der Waals surface area contributed by atoms with E-state index in [0.717, 1.165) is 23.8 Å². The first-order chi connectivity index (χ1) is 16.5. The molecule has 11 heteroatoms. The molecule has 4 aromatic rings. The average molecular weight is 496 g/mol. The first kappa shape index (κ1) is 22.4. The number of nitrogens with zero attached hydrogens (tertiary/aromatic N) is 2. The summed E-state index contributed by atoms with van der Waals surface area (Å²) < 4.78 is 33.1. The quantitative estimate of drug-likeness (QED) is 0.182. The van der Waals surface area contributed by atoms with E-state index in [-0.39, 0.29) is 16.7 Å². The van der Waals surface area contributed by atoms with Crippen molar-refractivity contribution in [3.8, 4) is 0 Å². The van der Waals surface area contributed by atoms with Crippen LogP contribution in [0.4, 0.5) is 5.69 Å². The number of aromatic nitrogens is 2. The minimum absolute atomic E-state index is 0.0340. The van der Waals surface area contributed by atoms with Crippen LogP contribution in [0, 0.1) is 0 Å². The maximum Gasteiger partial charge on any atom is 0.305 e. The number of anilines is 1. The number of hydrogen-bond donors (Lipinski definition) is 3. The Morgan fingerprint density at radius 1 is 1.03 bits per heavy atom. The third kappa shape index (κ3) is 5.06. The zero-order chi connectivity index (χ0) is 23.5. The van der Waals surface area contributed by atoms with Gasteiger partial charge in [0.05, 0.1) is 10.6 Å². The van der Waals surface area contributed by atoms with E-state index in [9.17, 15) is 13.2 Å². The highest BCUT2D eigenvalue weighted by Crippen LogP contribution is 2.31. The number of thioether (sulfide) groups is 1. The Labute approximate surface area is 200 Å². The zero-order valence-corrected chi connectivity index (χ0v) is 19.5. The van der Waals surface area contributed by atoms with Gasteiger partial charge in [-0.15, -0.1) is 0 Å². The van der Waals surface area contributed by atoms with Crippen LogP contribution in [0.25, 0.3) is 11.0 Å². The number of nitrogens with one attached hydrogen (secondary N) is 3. The minimum atomic E-state index is -3.53. The second-order valence-electron chi connectivity index (χ2n) is 7.73. The average Bonchev–Trinajstić information content (AvgIpc) is 3.58. The van der Waals surface area contributed by atoms with Crippen molar-refractivity contribution in [3.63, 3.8) is 0 Å². The number of furan rings is 1. The Morgan fingerprint density at radius 2 is 1.76 bits per heavy atom. The summed E-state index contributed by atoms with van der Waals surface area (Å²) >= 11 is 1.41. The second kappa shape index (κ2) is 9.45. The Kier molecular flexibility index (Phi) is 6.22. The van der Waals surface area contributed by atoms with Crippen LogP contribution < -0.4 is 15.6 Å². The molecule has 9 nitrogen and oxygen atoms in total. The topological polar surface area (TPSA) is 126 Å². The summed E-state index contributed by atoms with van der Waals surface area (Å²) in [5.74, 6) is 0.183. The Morgan fingerprint density at radius 3 is 2.50 bits per heavy atom. The largest absolute Gasteiger partial charge is 0.451 e. The first-order valence-electron chi connectivity index (χ1n) is 10.6. The van der Waals surface area contributed by atoms with E-state index in [4.69, 9.17) is 4.42 Å². The lowest BCUT2D eigenvalue weighted by molar-refractivity contribution is 0.0936. The van der Waals surface area contributed by atoms with E-state index < -0.39 is 15.9 Å². The summed E-state index contributed by atoms with van der Waals surface area (Å²) in [6.07, 6.45) is 5.06. The number of sulfonamides is 1. The predicted molar refractivity (Wildman–Crippen MR) is 129 cm³/mol. The number of carbonyl (C=O) groups is 1. The molecule has 0 saturated heterocycles. The van der Waals surface area contributed by atoms with Crippen molar-refractivity contribution in [2.45, 2.75) is 34.7 Å². The molecule has 1 saturated carbocycles. The molecule has 2 aromatic heterocycles. The van der Waals surface area contributed by atoms with Crippen LogP contribution in [0.3, 0.4) is 0 Å². The van der Waals surface area contributed by atoms with Crippen molar-refractivity contribution < 1.29 is 17.6 Å². The van der Waals surface area contributed by atoms with E-state index in [2.05, 4.69) is 25.5 Å². The van der Waals surface area contributed by atoms with Crippen molar-refractivity contribution in [3.05, 3.63) is 78.3 Å². The van der Waals surface area contributed by atoms with Gasteiger partial charge in [-0.05, 0) is 49.2 Å². The van der Waals surface area contributed by atoms with Crippen LogP contribution in [-0.4, -0.2) is 30.3 Å². The molecule has 0 spiro atoms. The number of amides is 1. The van der Waals surface area contributed by atoms with Crippen LogP contribution in [0.5, 0.6) is 0 Å². The highest BCUT2D eigenvalue weighted by molar-refractivity contribution is 7.98. The van der Waals surface area contributed by atoms with Crippen molar-refractivity contribution in [2.24, 2.45) is 0 Å². The molecule has 0 bridgehead atoms. The number of hydrogen-bond acceptors (Lipinski definition) is 8. The SMILES string of the molecule is O=C(NNc1ccc(S(=O)(=O)NC2CC2)cc1)c1oc2ccccc2c1CSc1ncccn1. The Hall–Kier alpha value is -3.41. The summed E-state index contributed by atoms with van der Waals surface area (Å²) in [5, 5.41) is 1.44. The molecule has 0 radical (unpaired) electrons. The maximum atomic E-state index is 13.0. The lowest BCUT2D eigenvalue weighted by atomic mass is 10.1. The van der Waals surface area contributed by atoms with E-state index in [0.29, 0.717) is 22.2 Å². The summed E-state index contributed by atoms with van der Waals surface area (Å²) in [7, 11) is -3.53. The molecule has 34 heavy (non-hydrogen) atoms. The first-order valence-corrected chi connectivity index (χ1v) is 13.1. The van der Waals surface area contributed by atoms with Crippen molar-refractivity contribution >= 4 is 44.3 Å². The molecule has 3 N–H and O–H groups in total. The van der Waals surface area contributed by atoms with Gasteiger partial charge >= 0.3 is 5.91 Å². The van der Waals surface area contributed by atoms with Gasteiger partial charge in [-0.1, -0.05) is 30.0 Å². The number of carbonyl (C=O) groups excluding carboxylic acids is 1. The van der Waals surface area contributed by atoms with Gasteiger partial charge in [0.15, 0.2) is 10.9 Å². The minimum Gasteiger partial charge on any atom is -0.451 e. The van der Waals surface area contributed by atoms with Gasteiger partial charge in [0.2, 0.25) is 10.0 Å². The normalized spacial score (nSPS) is 13.6. The van der Waals surface area contributed by atoms with Crippen LogP contribution >= 0.6 is 11.8 Å². The van der Waals surface area contributed by atoms with E-state index in [1.807, 2.05) is 24.3 Å². The molecule has 1 amide bonds. The van der Waals surface area contributed by atoms with Gasteiger partial charge < -0.3 is 4.42 Å². The summed E-state index contributed by atoms with van der Waals surface area (Å²) in [5.41, 5.74) is 7.31. The van der Waals surface area contributed by atoms with Gasteiger partial charge in [0, 0.05) is 35.1 Å². The molecule has 0 aliphatic heterocycles. The lowest BCUT2D eigenvalue weighted by Gasteiger charge is -2.10. The fraction of sp³-hybridized carbons (Fsp3) is 0.174. The Balaban J connectivity index is 1.29. The highest BCUT2D eigenvalue weighted by atomic mass is 32.2. The second-order valence-corrected chi connectivity index (χ2v) is 10.4. The maximum absolute atomic E-state index is 13.0. The van der Waals surface area contributed by atoms with Crippen LogP contribution in [-0.2, 0) is 15.8 Å². The molecular weight excluding hydrogens is 474 g/mol. The molecule has 2 heterocycles. The number of benzene rings is 2. The third-order valence-corrected chi connectivity index (χ3v) is 7.61. The molecule has 174 valence electrons. The van der Waals surface area contributed by atoms with Gasteiger partial charge in [-0.25, -0.2) is 23.1 Å². The van der Waals surface area contributed by atoms with Gasteiger partial charge in [-0.3, -0.25) is 15.6 Å². The standard InChI is InChI=1S/C23H21N5O4S2/c29-22(27-26-15-8-10-17(11-9-15)34(30,31)28-16-6-7-16)21-19(14-33-23-24-12-3-13-25-23)18-4-1-2-5-20(18)32-21/h1-5,8-13,16,26,28H,6-7,14H2,(H,27,29). The number of fused-ring (bicyclic) bond motifs is 1. The monoisotopic (exact) mass is 495 g/mol. The lowest BCUT2D eigenvalue weighted by Crippen LogP contribution is -2.29. The van der Waals surface area contributed by atoms with Gasteiger partial charge in [-0.2, -0.15) is 0 Å². The molecule has 0 unspecified atom stereocenters. The fourth-order valence-electron chi connectivity index (χ4n) is 3.31. The molecule has 0 atom stereocenters. The van der Waals surface area contributed by atoms with E-state index in [1.165, 1.54) is 23.9 Å². The summed E-state index contributed by atoms with van der Waals surface area (Å²) in [4.78, 5) is 21.6. The molecule has 1 fully saturated rings. The highest BCUT2D eigenvalue weighted by Gasteiger charge is 2.28. The summed E-state index contributed by atoms with van der Waals surface area (Å²) in [6, 6.07) is 15.4. The van der Waals surface area contributed by atoms with Crippen molar-refractivity contribution in [2.75, 3.05) is 5.43 Å². The van der Waals surface area contributed by atoms with Crippen LogP contribution in [0.1, 0.15) is 29.0 Å². The molecule has 2 aromatic carbocycles. The Bertz CT molecular complexity index is 1420. The van der Waals surface area contributed by atoms with Crippen molar-refractivity contribution in [1.29, 1.82) is 0 Å². The van der Waals surface area contributed by atoms with Crippen LogP contribution in [0.2, 0.25) is 0 Å². The predicted octanol–water partition coefficient (Wildman–Crippen LogP) is 3.71. The van der Waals surface area contributed by atoms with E-state index in [1.54, 1.807) is 30.6 Å². The number of para-hydroxylation sites is 1. The third-order valence-electron chi connectivity index (χ3n) is 5.18. The smallest absolute Gasteiger partial charge is 0.305 e. The number of rotatable bonds is 9. The van der Waals surface area contributed by atoms with Crippen molar-refractivity contribution in [1.82, 2.24) is 20.1 Å². The summed E-state index contributed by atoms with van der Waals surface area (Å²) in [6.45, 7) is 0. The van der Waals surface area contributed by atoms with E-state index >= 15 is 0 Å². The fourth-order valence-corrected chi connectivity index (χ4v) is 5.45. The van der Waals surface area contributed by atoms with Crippen LogP contribution in [0.15, 0.2) is 81.5 Å². The molecular formula is C23H21N5O4S2. The van der Waals surface area contributed by atoms with Gasteiger partial charge in [0.1, 0.15) is 5.58 Å². The molecule has 1 aliphatic rings.